The molecule has 0 aromatic heterocycles. The highest BCUT2D eigenvalue weighted by Gasteiger charge is 2.30. The van der Waals surface area contributed by atoms with Crippen molar-refractivity contribution >= 4 is 39.5 Å². The van der Waals surface area contributed by atoms with Gasteiger partial charge in [0.2, 0.25) is 0 Å². The summed E-state index contributed by atoms with van der Waals surface area (Å²) in [5, 5.41) is 10.6. The van der Waals surface area contributed by atoms with Crippen LogP contribution in [0.15, 0.2) is 0 Å². The molecule has 0 aliphatic rings. The highest BCUT2D eigenvalue weighted by molar-refractivity contribution is 7.47. The fraction of sp³-hybridized carbons (Fsp3) is 0.944. The summed E-state index contributed by atoms with van der Waals surface area (Å²) in [4.78, 5) is 72.4. The number of rotatable bonds is 72. The van der Waals surface area contributed by atoms with Gasteiger partial charge < -0.3 is 33.8 Å². The van der Waals surface area contributed by atoms with Crippen LogP contribution in [0.2, 0.25) is 0 Å². The minimum Gasteiger partial charge on any atom is -0.462 e. The normalized spacial score (nSPS) is 14.0. The molecule has 0 aromatic rings. The van der Waals surface area contributed by atoms with E-state index in [0.29, 0.717) is 25.7 Å². The minimum absolute atomic E-state index is 0.106. The molecule has 0 saturated carbocycles. The van der Waals surface area contributed by atoms with Crippen molar-refractivity contribution in [1.29, 1.82) is 0 Å². The van der Waals surface area contributed by atoms with E-state index >= 15 is 0 Å². The van der Waals surface area contributed by atoms with Crippen molar-refractivity contribution in [3.8, 4) is 0 Å². The van der Waals surface area contributed by atoms with E-state index < -0.39 is 97.5 Å². The standard InChI is InChI=1S/C71H138O17P2/c1-5-9-13-17-21-25-27-29-31-32-33-34-35-37-39-42-46-50-54-58-71(76)88-67(62-82-69(74)56-52-48-44-41-38-36-30-28-26-22-18-14-10-6-2)64-86-90(79,80)84-60-65(72)59-83-89(77,78)85-63-66(61-81-68(73)55-51-47-43-24-20-16-12-8-4)87-70(75)57-53-49-45-40-23-19-15-11-7-3/h65-67,72H,5-64H2,1-4H3,(H,77,78)(H,79,80)/t65-,66+,67+/m0/s1. The van der Waals surface area contributed by atoms with Gasteiger partial charge in [0.15, 0.2) is 12.2 Å². The van der Waals surface area contributed by atoms with E-state index in [4.69, 9.17) is 37.0 Å². The second-order valence-corrected chi connectivity index (χ2v) is 28.5. The number of phosphoric ester groups is 2. The van der Waals surface area contributed by atoms with E-state index in [1.165, 1.54) is 199 Å². The van der Waals surface area contributed by atoms with Gasteiger partial charge in [0, 0.05) is 25.7 Å². The predicted molar refractivity (Wildman–Crippen MR) is 363 cm³/mol. The molecular weight excluding hydrogens is 1190 g/mol. The van der Waals surface area contributed by atoms with Crippen LogP contribution in [-0.2, 0) is 65.4 Å². The summed E-state index contributed by atoms with van der Waals surface area (Å²) in [5.74, 6) is -2.12. The molecule has 0 amide bonds. The van der Waals surface area contributed by atoms with Crippen molar-refractivity contribution in [2.45, 2.75) is 393 Å². The summed E-state index contributed by atoms with van der Waals surface area (Å²) in [7, 11) is -9.89. The first kappa shape index (κ1) is 88.1. The van der Waals surface area contributed by atoms with Crippen molar-refractivity contribution < 1.29 is 80.2 Å². The minimum atomic E-state index is -4.95. The lowest BCUT2D eigenvalue weighted by atomic mass is 10.0. The predicted octanol–water partition coefficient (Wildman–Crippen LogP) is 20.7. The summed E-state index contributed by atoms with van der Waals surface area (Å²) in [5.41, 5.74) is 0. The maximum absolute atomic E-state index is 13.0. The van der Waals surface area contributed by atoms with Crippen molar-refractivity contribution in [3.63, 3.8) is 0 Å². The molecule has 3 N–H and O–H groups in total. The summed E-state index contributed by atoms with van der Waals surface area (Å²) >= 11 is 0. The zero-order valence-electron chi connectivity index (χ0n) is 58.1. The molecule has 0 saturated heterocycles. The van der Waals surface area contributed by atoms with Gasteiger partial charge >= 0.3 is 39.5 Å². The van der Waals surface area contributed by atoms with Crippen LogP contribution in [0.1, 0.15) is 374 Å². The van der Waals surface area contributed by atoms with Crippen LogP contribution in [0, 0.1) is 0 Å². The SMILES string of the molecule is CCCCCCCCCCCCCCCCCCCCCC(=O)O[C@H](COC(=O)CCCCCCCCCCCCCCCC)COP(=O)(O)OC[C@@H](O)COP(=O)(O)OC[C@@H](COC(=O)CCCCCCCCCC)OC(=O)CCCCCCCCCCC. The van der Waals surface area contributed by atoms with Crippen LogP contribution < -0.4 is 0 Å². The van der Waals surface area contributed by atoms with Gasteiger partial charge in [-0.3, -0.25) is 37.3 Å². The van der Waals surface area contributed by atoms with Crippen molar-refractivity contribution in [2.24, 2.45) is 0 Å². The number of hydrogen-bond acceptors (Lipinski definition) is 15. The number of carbonyl (C=O) groups excluding carboxylic acids is 4. The van der Waals surface area contributed by atoms with Gasteiger partial charge in [0.1, 0.15) is 19.3 Å². The largest absolute Gasteiger partial charge is 0.472 e. The van der Waals surface area contributed by atoms with Gasteiger partial charge in [-0.25, -0.2) is 9.13 Å². The van der Waals surface area contributed by atoms with Gasteiger partial charge in [-0.05, 0) is 25.7 Å². The fourth-order valence-electron chi connectivity index (χ4n) is 10.9. The third kappa shape index (κ3) is 64.8. The van der Waals surface area contributed by atoms with E-state index in [1.807, 2.05) is 0 Å². The Hall–Kier alpha value is -1.94. The highest BCUT2D eigenvalue weighted by Crippen LogP contribution is 2.45. The molecule has 0 aliphatic heterocycles. The summed E-state index contributed by atoms with van der Waals surface area (Å²) in [6.07, 6.45) is 54.2. The Bertz CT molecular complexity index is 1720. The van der Waals surface area contributed by atoms with Crippen LogP contribution in [0.3, 0.4) is 0 Å². The number of aliphatic hydroxyl groups is 1. The summed E-state index contributed by atoms with van der Waals surface area (Å²) in [6.45, 7) is 4.91. The molecule has 90 heavy (non-hydrogen) atoms. The zero-order chi connectivity index (χ0) is 66.1. The maximum Gasteiger partial charge on any atom is 0.472 e. The first-order chi connectivity index (χ1) is 43.7. The average molecular weight is 1330 g/mol. The Kier molecular flexibility index (Phi) is 64.3. The van der Waals surface area contributed by atoms with Crippen LogP contribution in [0.25, 0.3) is 0 Å². The zero-order valence-corrected chi connectivity index (χ0v) is 59.9. The molecule has 0 aromatic carbocycles. The maximum atomic E-state index is 13.0. The molecule has 0 aliphatic carbocycles. The molecule has 0 rings (SSSR count). The molecule has 0 radical (unpaired) electrons. The Labute approximate surface area is 549 Å². The van der Waals surface area contributed by atoms with E-state index in [-0.39, 0.29) is 25.7 Å². The Morgan fingerprint density at radius 3 is 0.656 bits per heavy atom. The summed E-state index contributed by atoms with van der Waals surface area (Å²) in [6, 6.07) is 0. The van der Waals surface area contributed by atoms with Gasteiger partial charge in [-0.1, -0.05) is 323 Å². The second kappa shape index (κ2) is 65.7. The lowest BCUT2D eigenvalue weighted by Gasteiger charge is -2.21. The number of ether oxygens (including phenoxy) is 4. The average Bonchev–Trinajstić information content (AvgIpc) is 3.33. The Balaban J connectivity index is 5.17. The molecule has 0 bridgehead atoms. The molecule has 17 nitrogen and oxygen atoms in total. The smallest absolute Gasteiger partial charge is 0.462 e. The first-order valence-electron chi connectivity index (χ1n) is 37.3. The molecule has 5 atom stereocenters. The molecular formula is C71H138O17P2. The van der Waals surface area contributed by atoms with E-state index in [2.05, 4.69) is 27.7 Å². The monoisotopic (exact) mass is 1320 g/mol. The number of phosphoric acid groups is 2. The lowest BCUT2D eigenvalue weighted by Crippen LogP contribution is -2.30. The number of aliphatic hydroxyl groups excluding tert-OH is 1. The topological polar surface area (TPSA) is 237 Å². The first-order valence-corrected chi connectivity index (χ1v) is 40.3. The van der Waals surface area contributed by atoms with Gasteiger partial charge in [-0.15, -0.1) is 0 Å². The Morgan fingerprint density at radius 1 is 0.267 bits per heavy atom. The van der Waals surface area contributed by atoms with Crippen molar-refractivity contribution in [3.05, 3.63) is 0 Å². The van der Waals surface area contributed by atoms with Crippen LogP contribution in [-0.4, -0.2) is 96.7 Å². The molecule has 0 fully saturated rings. The van der Waals surface area contributed by atoms with Crippen molar-refractivity contribution in [1.82, 2.24) is 0 Å². The molecule has 19 heteroatoms. The third-order valence-corrected chi connectivity index (χ3v) is 18.5. The van der Waals surface area contributed by atoms with Crippen LogP contribution >= 0.6 is 15.6 Å². The number of carbonyl (C=O) groups is 4. The van der Waals surface area contributed by atoms with Gasteiger partial charge in [0.25, 0.3) is 0 Å². The fourth-order valence-corrected chi connectivity index (χ4v) is 12.4. The highest BCUT2D eigenvalue weighted by atomic mass is 31.2. The van der Waals surface area contributed by atoms with E-state index in [0.717, 1.165) is 96.3 Å². The number of unbranched alkanes of at least 4 members (excludes halogenated alkanes) is 46. The van der Waals surface area contributed by atoms with E-state index in [1.54, 1.807) is 0 Å². The van der Waals surface area contributed by atoms with Crippen LogP contribution in [0.4, 0.5) is 0 Å². The second-order valence-electron chi connectivity index (χ2n) is 25.6. The third-order valence-electron chi connectivity index (χ3n) is 16.6. The molecule has 2 unspecified atom stereocenters. The molecule has 0 spiro atoms. The van der Waals surface area contributed by atoms with E-state index in [9.17, 15) is 43.2 Å². The Morgan fingerprint density at radius 2 is 0.444 bits per heavy atom. The lowest BCUT2D eigenvalue weighted by molar-refractivity contribution is -0.161. The van der Waals surface area contributed by atoms with Gasteiger partial charge in [0.05, 0.1) is 26.4 Å². The van der Waals surface area contributed by atoms with Gasteiger partial charge in [-0.2, -0.15) is 0 Å². The molecule has 534 valence electrons. The number of esters is 4. The van der Waals surface area contributed by atoms with Crippen molar-refractivity contribution in [2.75, 3.05) is 39.6 Å². The van der Waals surface area contributed by atoms with Crippen LogP contribution in [0.5, 0.6) is 0 Å². The molecule has 0 heterocycles. The summed E-state index contributed by atoms with van der Waals surface area (Å²) < 4.78 is 68.2. The number of hydrogen-bond donors (Lipinski definition) is 3. The quantitative estimate of drug-likeness (QED) is 0.0222.